The molecule has 0 aliphatic heterocycles. The summed E-state index contributed by atoms with van der Waals surface area (Å²) < 4.78 is 5.32. The number of aromatic amines is 1. The summed E-state index contributed by atoms with van der Waals surface area (Å²) in [7, 11) is 0. The number of fused-ring (bicyclic) bond motifs is 1. The highest BCUT2D eigenvalue weighted by Gasteiger charge is 2.24. The van der Waals surface area contributed by atoms with Gasteiger partial charge in [0.25, 0.3) is 0 Å². The number of ketones is 2. The lowest BCUT2D eigenvalue weighted by atomic mass is 10.0. The number of carbonyl (C=O) groups is 3. The topological polar surface area (TPSA) is 76.2 Å². The Morgan fingerprint density at radius 3 is 2.40 bits per heavy atom. The second-order valence-corrected chi connectivity index (χ2v) is 7.54. The molecule has 3 rings (SSSR count). The molecule has 3 aromatic rings. The number of hydrogen-bond donors (Lipinski definition) is 1. The average Bonchev–Trinajstić information content (AvgIpc) is 3.07. The summed E-state index contributed by atoms with van der Waals surface area (Å²) >= 11 is 0. The van der Waals surface area contributed by atoms with E-state index in [0.717, 1.165) is 29.4 Å². The number of esters is 1. The van der Waals surface area contributed by atoms with Gasteiger partial charge in [-0.1, -0.05) is 55.8 Å². The van der Waals surface area contributed by atoms with Crippen LogP contribution in [-0.2, 0) is 16.0 Å². The standard InChI is InChI=1S/C25H27NO4/c1-4-7-18-10-12-19(13-11-18)22(27)14-15-23(28)30-17(3)25(29)24-16(2)26-21-9-6-5-8-20(21)24/h5-6,8-13,17,26H,4,7,14-15H2,1-3H3/t17-/m1/s1. The number of rotatable bonds is 9. The van der Waals surface area contributed by atoms with E-state index in [-0.39, 0.29) is 24.4 Å². The van der Waals surface area contributed by atoms with Crippen LogP contribution >= 0.6 is 0 Å². The van der Waals surface area contributed by atoms with Crippen LogP contribution in [0.2, 0.25) is 0 Å². The summed E-state index contributed by atoms with van der Waals surface area (Å²) in [5.74, 6) is -0.915. The van der Waals surface area contributed by atoms with Crippen molar-refractivity contribution in [2.45, 2.75) is 52.6 Å². The highest BCUT2D eigenvalue weighted by Crippen LogP contribution is 2.24. The zero-order chi connectivity index (χ0) is 21.7. The highest BCUT2D eigenvalue weighted by atomic mass is 16.5. The lowest BCUT2D eigenvalue weighted by molar-refractivity contribution is -0.146. The third-order valence-corrected chi connectivity index (χ3v) is 5.19. The minimum Gasteiger partial charge on any atom is -0.454 e. The van der Waals surface area contributed by atoms with Crippen LogP contribution in [0.5, 0.6) is 0 Å². The molecule has 0 amide bonds. The van der Waals surface area contributed by atoms with Gasteiger partial charge in [0.15, 0.2) is 11.9 Å². The number of aryl methyl sites for hydroxylation is 2. The maximum Gasteiger partial charge on any atom is 0.306 e. The lowest BCUT2D eigenvalue weighted by Gasteiger charge is -2.12. The molecule has 1 heterocycles. The molecule has 30 heavy (non-hydrogen) atoms. The van der Waals surface area contributed by atoms with Crippen molar-refractivity contribution in [3.63, 3.8) is 0 Å². The van der Waals surface area contributed by atoms with Crippen molar-refractivity contribution < 1.29 is 19.1 Å². The van der Waals surface area contributed by atoms with Crippen LogP contribution in [0.1, 0.15) is 65.1 Å². The summed E-state index contributed by atoms with van der Waals surface area (Å²) in [6, 6.07) is 15.0. The van der Waals surface area contributed by atoms with Gasteiger partial charge in [0, 0.05) is 34.1 Å². The summed E-state index contributed by atoms with van der Waals surface area (Å²) in [6.07, 6.45) is 1.11. The van der Waals surface area contributed by atoms with Crippen molar-refractivity contribution in [1.29, 1.82) is 0 Å². The Hall–Kier alpha value is -3.21. The van der Waals surface area contributed by atoms with Gasteiger partial charge in [-0.15, -0.1) is 0 Å². The second-order valence-electron chi connectivity index (χ2n) is 7.54. The zero-order valence-electron chi connectivity index (χ0n) is 17.7. The van der Waals surface area contributed by atoms with Crippen LogP contribution < -0.4 is 0 Å². The van der Waals surface area contributed by atoms with Gasteiger partial charge in [-0.3, -0.25) is 14.4 Å². The van der Waals surface area contributed by atoms with Gasteiger partial charge >= 0.3 is 5.97 Å². The fourth-order valence-electron chi connectivity index (χ4n) is 3.61. The summed E-state index contributed by atoms with van der Waals surface area (Å²) in [6.45, 7) is 5.50. The number of Topliss-reactive ketones (excluding diaryl/α,β-unsaturated/α-hetero) is 2. The molecule has 0 saturated carbocycles. The van der Waals surface area contributed by atoms with Crippen LogP contribution in [-0.4, -0.2) is 28.6 Å². The number of para-hydroxylation sites is 1. The van der Waals surface area contributed by atoms with Crippen molar-refractivity contribution >= 4 is 28.4 Å². The van der Waals surface area contributed by atoms with E-state index < -0.39 is 12.1 Å². The van der Waals surface area contributed by atoms with Crippen molar-refractivity contribution in [2.24, 2.45) is 0 Å². The maximum absolute atomic E-state index is 12.9. The Bertz CT molecular complexity index is 1060. The first-order valence-corrected chi connectivity index (χ1v) is 10.3. The quantitative estimate of drug-likeness (QED) is 0.392. The number of nitrogens with one attached hydrogen (secondary N) is 1. The molecule has 0 aliphatic rings. The molecule has 0 unspecified atom stereocenters. The summed E-state index contributed by atoms with van der Waals surface area (Å²) in [5, 5.41) is 0.810. The van der Waals surface area contributed by atoms with Crippen molar-refractivity contribution in [2.75, 3.05) is 0 Å². The summed E-state index contributed by atoms with van der Waals surface area (Å²) in [4.78, 5) is 40.6. The first-order valence-electron chi connectivity index (χ1n) is 10.3. The molecule has 2 aromatic carbocycles. The van der Waals surface area contributed by atoms with E-state index in [1.54, 1.807) is 19.1 Å². The Kier molecular flexibility index (Phi) is 6.83. The molecule has 156 valence electrons. The summed E-state index contributed by atoms with van der Waals surface area (Å²) in [5.41, 5.74) is 3.92. The monoisotopic (exact) mass is 405 g/mol. The second kappa shape index (κ2) is 9.53. The SMILES string of the molecule is CCCc1ccc(C(=O)CCC(=O)O[C@H](C)C(=O)c2c(C)[nH]c3ccccc23)cc1. The molecule has 0 spiro atoms. The Morgan fingerprint density at radius 1 is 1.00 bits per heavy atom. The van der Waals surface area contributed by atoms with Crippen LogP contribution in [0.25, 0.3) is 10.9 Å². The zero-order valence-corrected chi connectivity index (χ0v) is 17.7. The minimum absolute atomic E-state index is 0.0545. The van der Waals surface area contributed by atoms with Crippen molar-refractivity contribution in [3.8, 4) is 0 Å². The van der Waals surface area contributed by atoms with Gasteiger partial charge in [-0.05, 0) is 31.9 Å². The van der Waals surface area contributed by atoms with E-state index in [1.165, 1.54) is 5.56 Å². The maximum atomic E-state index is 12.9. The molecule has 0 bridgehead atoms. The molecular formula is C25H27NO4. The highest BCUT2D eigenvalue weighted by molar-refractivity contribution is 6.11. The van der Waals surface area contributed by atoms with Crippen LogP contribution in [0.4, 0.5) is 0 Å². The van der Waals surface area contributed by atoms with Gasteiger partial charge in [-0.2, -0.15) is 0 Å². The van der Waals surface area contributed by atoms with Gasteiger partial charge < -0.3 is 9.72 Å². The predicted octanol–water partition coefficient (Wildman–Crippen LogP) is 5.21. The minimum atomic E-state index is -0.918. The van der Waals surface area contributed by atoms with E-state index in [0.29, 0.717) is 11.1 Å². The van der Waals surface area contributed by atoms with E-state index >= 15 is 0 Å². The third kappa shape index (κ3) is 4.85. The molecule has 0 aliphatic carbocycles. The van der Waals surface area contributed by atoms with Crippen molar-refractivity contribution in [3.05, 3.63) is 70.9 Å². The van der Waals surface area contributed by atoms with E-state index in [2.05, 4.69) is 11.9 Å². The molecular weight excluding hydrogens is 378 g/mol. The first kappa shape index (κ1) is 21.5. The molecule has 1 aromatic heterocycles. The fourth-order valence-corrected chi connectivity index (χ4v) is 3.61. The van der Waals surface area contributed by atoms with E-state index in [9.17, 15) is 14.4 Å². The number of carbonyl (C=O) groups excluding carboxylic acids is 3. The molecule has 0 radical (unpaired) electrons. The molecule has 1 atom stereocenters. The number of aromatic nitrogens is 1. The number of H-pyrrole nitrogens is 1. The number of benzene rings is 2. The van der Waals surface area contributed by atoms with E-state index in [4.69, 9.17) is 4.74 Å². The van der Waals surface area contributed by atoms with Crippen LogP contribution in [0.3, 0.4) is 0 Å². The van der Waals surface area contributed by atoms with Gasteiger partial charge in [0.2, 0.25) is 5.78 Å². The largest absolute Gasteiger partial charge is 0.454 e. The van der Waals surface area contributed by atoms with Crippen LogP contribution in [0, 0.1) is 6.92 Å². The van der Waals surface area contributed by atoms with Gasteiger partial charge in [0.1, 0.15) is 0 Å². The Morgan fingerprint density at radius 2 is 1.70 bits per heavy atom. The van der Waals surface area contributed by atoms with Gasteiger partial charge in [0.05, 0.1) is 6.42 Å². The molecule has 5 nitrogen and oxygen atoms in total. The predicted molar refractivity (Wildman–Crippen MR) is 117 cm³/mol. The third-order valence-electron chi connectivity index (χ3n) is 5.19. The smallest absolute Gasteiger partial charge is 0.306 e. The number of ether oxygens (including phenoxy) is 1. The Labute approximate surface area is 176 Å². The van der Waals surface area contributed by atoms with Gasteiger partial charge in [-0.25, -0.2) is 0 Å². The fraction of sp³-hybridized carbons (Fsp3) is 0.320. The molecule has 1 N–H and O–H groups in total. The van der Waals surface area contributed by atoms with Crippen molar-refractivity contribution in [1.82, 2.24) is 4.98 Å². The average molecular weight is 405 g/mol. The first-order chi connectivity index (χ1) is 14.4. The molecule has 5 heteroatoms. The normalized spacial score (nSPS) is 12.0. The van der Waals surface area contributed by atoms with Crippen LogP contribution in [0.15, 0.2) is 48.5 Å². The van der Waals surface area contributed by atoms with E-state index in [1.807, 2.05) is 43.3 Å². The Balaban J connectivity index is 1.57. The number of hydrogen-bond acceptors (Lipinski definition) is 4. The lowest BCUT2D eigenvalue weighted by Crippen LogP contribution is -2.25. The molecule has 0 saturated heterocycles. The molecule has 0 fully saturated rings.